The van der Waals surface area contributed by atoms with Crippen molar-refractivity contribution in [1.29, 1.82) is 0 Å². The van der Waals surface area contributed by atoms with Crippen LogP contribution in [0.2, 0.25) is 0 Å². The highest BCUT2D eigenvalue weighted by Gasteiger charge is 1.99. The van der Waals surface area contributed by atoms with Crippen molar-refractivity contribution in [3.8, 4) is 0 Å². The predicted octanol–water partition coefficient (Wildman–Crippen LogP) is 11.3. The van der Waals surface area contributed by atoms with Crippen molar-refractivity contribution in [1.82, 2.24) is 4.90 Å². The van der Waals surface area contributed by atoms with E-state index in [2.05, 4.69) is 62.4 Å². The van der Waals surface area contributed by atoms with Gasteiger partial charge in [0.1, 0.15) is 0 Å². The number of carboxylic acids is 1. The van der Waals surface area contributed by atoms with Crippen LogP contribution in [0.3, 0.4) is 0 Å². The van der Waals surface area contributed by atoms with Gasteiger partial charge in [-0.3, -0.25) is 0 Å². The number of likely N-dealkylation sites (N-methyl/N-ethyl adjacent to an activating group) is 1. The lowest BCUT2D eigenvalue weighted by molar-refractivity contribution is 0.0696. The summed E-state index contributed by atoms with van der Waals surface area (Å²) in [6.07, 6.45) is 6.61. The Morgan fingerprint density at radius 1 is 0.846 bits per heavy atom. The van der Waals surface area contributed by atoms with Gasteiger partial charge in [-0.25, -0.2) is 4.79 Å². The summed E-state index contributed by atoms with van der Waals surface area (Å²) in [6, 6.07) is 17.4. The summed E-state index contributed by atoms with van der Waals surface area (Å²) in [6.45, 7) is 35.4. The van der Waals surface area contributed by atoms with Crippen LogP contribution in [0.4, 0.5) is 0 Å². The van der Waals surface area contributed by atoms with E-state index in [0.29, 0.717) is 5.56 Å². The maximum absolute atomic E-state index is 10.4. The molecule has 2 aromatic rings. The summed E-state index contributed by atoms with van der Waals surface area (Å²) in [5.74, 6) is -0.872. The Hall–Kier alpha value is -2.91. The van der Waals surface area contributed by atoms with Gasteiger partial charge in [0.25, 0.3) is 0 Å². The Morgan fingerprint density at radius 2 is 1.33 bits per heavy atom. The van der Waals surface area contributed by atoms with Crippen molar-refractivity contribution in [2.24, 2.45) is 0 Å². The minimum absolute atomic E-state index is 0.347. The van der Waals surface area contributed by atoms with Gasteiger partial charge >= 0.3 is 5.97 Å². The Labute approximate surface area is 245 Å². The fourth-order valence-corrected chi connectivity index (χ4v) is 2.15. The SMILES string of the molecule is C=C/C=C(/C)C=C.CC.CC.CC.CC.CC.CCN(C)CCc1ccccc1.Cc1cccc(C(=O)O)c1. The van der Waals surface area contributed by atoms with Gasteiger partial charge in [0.05, 0.1) is 5.56 Å². The molecule has 3 heteroatoms. The van der Waals surface area contributed by atoms with E-state index in [0.717, 1.165) is 30.6 Å². The smallest absolute Gasteiger partial charge is 0.335 e. The molecule has 0 heterocycles. The molecule has 39 heavy (non-hydrogen) atoms. The molecule has 226 valence electrons. The second-order valence-electron chi connectivity index (χ2n) is 6.66. The molecule has 0 saturated carbocycles. The Kier molecular flexibility index (Phi) is 56.7. The number of hydrogen-bond donors (Lipinski definition) is 1. The van der Waals surface area contributed by atoms with Crippen LogP contribution in [0.5, 0.6) is 0 Å². The molecule has 0 aliphatic carbocycles. The van der Waals surface area contributed by atoms with Crippen LogP contribution >= 0.6 is 0 Å². The molecule has 0 unspecified atom stereocenters. The molecule has 0 spiro atoms. The lowest BCUT2D eigenvalue weighted by Crippen LogP contribution is -2.20. The van der Waals surface area contributed by atoms with Crippen LogP contribution in [0.15, 0.2) is 91.6 Å². The molecule has 1 N–H and O–H groups in total. The van der Waals surface area contributed by atoms with E-state index in [4.69, 9.17) is 5.11 Å². The number of allylic oxidation sites excluding steroid dienone is 4. The van der Waals surface area contributed by atoms with Crippen molar-refractivity contribution in [3.63, 3.8) is 0 Å². The standard InChI is InChI=1S/C11H17N.C8H8O2.C7H10.5C2H6/c1-3-12(2)10-9-11-7-5-4-6-8-11;1-6-3-2-4-7(5-6)8(9)10;1-4-6-7(3)5-2;5*1-2/h4-8H,3,9-10H2,1-2H3;2-5H,1H3,(H,9,10);4-6H,1-2H2,3H3;5*1-2H3/b;;7-6-;;;;;. The maximum Gasteiger partial charge on any atom is 0.335 e. The first-order valence-electron chi connectivity index (χ1n) is 14.8. The van der Waals surface area contributed by atoms with E-state index in [1.807, 2.05) is 95.2 Å². The molecular formula is C36H65NO2. The number of nitrogens with zero attached hydrogens (tertiary/aromatic N) is 1. The van der Waals surface area contributed by atoms with Gasteiger partial charge in [0.15, 0.2) is 0 Å². The van der Waals surface area contributed by atoms with E-state index < -0.39 is 5.97 Å². The molecule has 0 aliphatic heterocycles. The predicted molar refractivity (Wildman–Crippen MR) is 182 cm³/mol. The summed E-state index contributed by atoms with van der Waals surface area (Å²) in [5.41, 5.74) is 3.90. The zero-order valence-electron chi connectivity index (χ0n) is 28.3. The van der Waals surface area contributed by atoms with Gasteiger partial charge in [-0.1, -0.05) is 161 Å². The maximum atomic E-state index is 10.4. The monoisotopic (exact) mass is 544 g/mol. The molecule has 0 amide bonds. The molecule has 0 aromatic heterocycles. The molecule has 0 saturated heterocycles. The van der Waals surface area contributed by atoms with Crippen molar-refractivity contribution in [2.75, 3.05) is 20.1 Å². The van der Waals surface area contributed by atoms with E-state index >= 15 is 0 Å². The van der Waals surface area contributed by atoms with Gasteiger partial charge in [-0.15, -0.1) is 0 Å². The first kappa shape index (κ1) is 49.1. The molecule has 2 rings (SSSR count). The Balaban J connectivity index is -0.0000000917. The third-order valence-corrected chi connectivity index (χ3v) is 4.13. The van der Waals surface area contributed by atoms with Crippen molar-refractivity contribution < 1.29 is 9.90 Å². The van der Waals surface area contributed by atoms with Gasteiger partial charge in [-0.05, 0) is 51.6 Å². The first-order chi connectivity index (χ1) is 18.8. The van der Waals surface area contributed by atoms with Crippen LogP contribution in [0.25, 0.3) is 0 Å². The van der Waals surface area contributed by atoms with E-state index in [1.54, 1.807) is 30.4 Å². The molecule has 3 nitrogen and oxygen atoms in total. The fourth-order valence-electron chi connectivity index (χ4n) is 2.15. The third kappa shape index (κ3) is 39.7. The van der Waals surface area contributed by atoms with Gasteiger partial charge in [0.2, 0.25) is 0 Å². The van der Waals surface area contributed by atoms with E-state index in [-0.39, 0.29) is 0 Å². The average Bonchev–Trinajstić information content (AvgIpc) is 3.02. The van der Waals surface area contributed by atoms with Crippen molar-refractivity contribution in [2.45, 2.75) is 96.4 Å². The molecule has 0 bridgehead atoms. The summed E-state index contributed by atoms with van der Waals surface area (Å²) < 4.78 is 0. The van der Waals surface area contributed by atoms with Gasteiger partial charge < -0.3 is 10.0 Å². The lowest BCUT2D eigenvalue weighted by Gasteiger charge is -2.12. The second kappa shape index (κ2) is 45.0. The largest absolute Gasteiger partial charge is 0.478 e. The fraction of sp³-hybridized carbons (Fsp3) is 0.472. The lowest BCUT2D eigenvalue weighted by atomic mass is 10.1. The van der Waals surface area contributed by atoms with Crippen LogP contribution < -0.4 is 0 Å². The highest BCUT2D eigenvalue weighted by Crippen LogP contribution is 2.02. The number of carbonyl (C=O) groups is 1. The molecule has 0 fully saturated rings. The minimum atomic E-state index is -0.872. The van der Waals surface area contributed by atoms with Crippen LogP contribution in [0.1, 0.15) is 105 Å². The molecule has 0 atom stereocenters. The number of carboxylic acid groups (broad SMARTS) is 1. The summed E-state index contributed by atoms with van der Waals surface area (Å²) in [5, 5.41) is 8.51. The molecular weight excluding hydrogens is 478 g/mol. The number of aryl methyl sites for hydroxylation is 1. The summed E-state index contributed by atoms with van der Waals surface area (Å²) in [4.78, 5) is 12.7. The Morgan fingerprint density at radius 3 is 1.64 bits per heavy atom. The molecule has 2 aromatic carbocycles. The van der Waals surface area contributed by atoms with Gasteiger partial charge in [0, 0.05) is 6.54 Å². The highest BCUT2D eigenvalue weighted by atomic mass is 16.4. The number of hydrogen-bond acceptors (Lipinski definition) is 2. The minimum Gasteiger partial charge on any atom is -0.478 e. The summed E-state index contributed by atoms with van der Waals surface area (Å²) >= 11 is 0. The zero-order chi connectivity index (χ0) is 32.1. The third-order valence-electron chi connectivity index (χ3n) is 4.13. The van der Waals surface area contributed by atoms with Gasteiger partial charge in [-0.2, -0.15) is 0 Å². The zero-order valence-corrected chi connectivity index (χ0v) is 28.3. The molecule has 0 aliphatic rings. The van der Waals surface area contributed by atoms with E-state index in [9.17, 15) is 4.79 Å². The van der Waals surface area contributed by atoms with Crippen LogP contribution in [-0.2, 0) is 6.42 Å². The molecule has 0 radical (unpaired) electrons. The van der Waals surface area contributed by atoms with Crippen molar-refractivity contribution >= 4 is 5.97 Å². The summed E-state index contributed by atoms with van der Waals surface area (Å²) in [7, 11) is 2.16. The van der Waals surface area contributed by atoms with Crippen LogP contribution in [0, 0.1) is 6.92 Å². The first-order valence-corrected chi connectivity index (χ1v) is 14.8. The highest BCUT2D eigenvalue weighted by molar-refractivity contribution is 5.87. The topological polar surface area (TPSA) is 40.5 Å². The number of rotatable bonds is 7. The quantitative estimate of drug-likeness (QED) is 0.353. The average molecular weight is 544 g/mol. The Bertz CT molecular complexity index is 765. The van der Waals surface area contributed by atoms with E-state index in [1.165, 1.54) is 5.56 Å². The van der Waals surface area contributed by atoms with Crippen LogP contribution in [-0.4, -0.2) is 36.1 Å². The number of benzene rings is 2. The van der Waals surface area contributed by atoms with Crippen molar-refractivity contribution in [3.05, 3.63) is 108 Å². The number of aromatic carboxylic acids is 1. The normalized spacial score (nSPS) is 8.33. The second-order valence-corrected chi connectivity index (χ2v) is 6.66.